The van der Waals surface area contributed by atoms with Crippen LogP contribution in [0, 0.1) is 10.1 Å². The zero-order valence-electron chi connectivity index (χ0n) is 9.23. The van der Waals surface area contributed by atoms with Crippen molar-refractivity contribution >= 4 is 21.7 Å². The van der Waals surface area contributed by atoms with Crippen molar-refractivity contribution in [1.29, 1.82) is 0 Å². The minimum atomic E-state index is -0.755. The van der Waals surface area contributed by atoms with Crippen LogP contribution in [0.1, 0.15) is 11.7 Å². The molecule has 94 valence electrons. The number of benzene rings is 1. The maximum absolute atomic E-state index is 10.5. The Labute approximate surface area is 111 Å². The predicted molar refractivity (Wildman–Crippen MR) is 68.0 cm³/mol. The average molecular weight is 312 g/mol. The molecular weight excluding hydrogens is 302 g/mol. The van der Waals surface area contributed by atoms with Gasteiger partial charge in [-0.05, 0) is 21.5 Å². The monoisotopic (exact) mass is 311 g/mol. The van der Waals surface area contributed by atoms with Crippen LogP contribution in [-0.2, 0) is 6.54 Å². The molecule has 0 aliphatic rings. The number of rotatable bonds is 4. The van der Waals surface area contributed by atoms with E-state index in [9.17, 15) is 15.2 Å². The maximum atomic E-state index is 10.5. The van der Waals surface area contributed by atoms with Crippen molar-refractivity contribution in [3.8, 4) is 0 Å². The van der Waals surface area contributed by atoms with Crippen molar-refractivity contribution in [3.63, 3.8) is 0 Å². The van der Waals surface area contributed by atoms with Gasteiger partial charge >= 0.3 is 5.82 Å². The van der Waals surface area contributed by atoms with Gasteiger partial charge in [-0.3, -0.25) is 0 Å². The second-order valence-electron chi connectivity index (χ2n) is 3.72. The Kier molecular flexibility index (Phi) is 3.73. The Morgan fingerprint density at radius 1 is 1.50 bits per heavy atom. The van der Waals surface area contributed by atoms with Crippen LogP contribution >= 0.6 is 15.9 Å². The second kappa shape index (κ2) is 5.28. The number of aliphatic hydroxyl groups excluding tert-OH is 1. The summed E-state index contributed by atoms with van der Waals surface area (Å²) in [5.41, 5.74) is 0.730. The fourth-order valence-corrected chi connectivity index (χ4v) is 2.13. The van der Waals surface area contributed by atoms with Gasteiger partial charge in [-0.15, -0.1) is 0 Å². The molecule has 1 atom stereocenters. The van der Waals surface area contributed by atoms with E-state index >= 15 is 0 Å². The molecule has 0 bridgehead atoms. The molecule has 0 unspecified atom stereocenters. The van der Waals surface area contributed by atoms with Gasteiger partial charge in [0.05, 0.1) is 12.6 Å². The molecule has 0 spiro atoms. The first-order chi connectivity index (χ1) is 8.58. The summed E-state index contributed by atoms with van der Waals surface area (Å²) in [6.07, 6.45) is 1.87. The van der Waals surface area contributed by atoms with E-state index in [1.165, 1.54) is 17.1 Å². The largest absolute Gasteiger partial charge is 0.386 e. The maximum Gasteiger partial charge on any atom is 0.381 e. The number of hydrogen-bond acceptors (Lipinski definition) is 4. The van der Waals surface area contributed by atoms with Crippen molar-refractivity contribution in [2.75, 3.05) is 0 Å². The Balaban J connectivity index is 2.13. The van der Waals surface area contributed by atoms with E-state index in [1.807, 2.05) is 18.2 Å². The summed E-state index contributed by atoms with van der Waals surface area (Å²) >= 11 is 3.35. The molecule has 1 aromatic carbocycles. The molecule has 0 saturated heterocycles. The summed E-state index contributed by atoms with van der Waals surface area (Å²) in [6.45, 7) is 0.212. The van der Waals surface area contributed by atoms with Crippen molar-refractivity contribution < 1.29 is 10.0 Å². The number of aromatic nitrogens is 2. The number of imidazole rings is 1. The number of halogens is 1. The van der Waals surface area contributed by atoms with Crippen LogP contribution in [0.3, 0.4) is 0 Å². The number of hydrogen-bond donors (Lipinski definition) is 1. The lowest BCUT2D eigenvalue weighted by atomic mass is 10.1. The van der Waals surface area contributed by atoms with Crippen LogP contribution < -0.4 is 0 Å². The lowest BCUT2D eigenvalue weighted by Crippen LogP contribution is -2.07. The van der Waals surface area contributed by atoms with E-state index in [4.69, 9.17) is 0 Å². The summed E-state index contributed by atoms with van der Waals surface area (Å²) in [6, 6.07) is 7.29. The van der Waals surface area contributed by atoms with Gasteiger partial charge in [-0.2, -0.15) is 0 Å². The molecule has 18 heavy (non-hydrogen) atoms. The third-order valence-corrected chi connectivity index (χ3v) is 3.18. The van der Waals surface area contributed by atoms with E-state index in [2.05, 4.69) is 20.9 Å². The second-order valence-corrected chi connectivity index (χ2v) is 4.58. The summed E-state index contributed by atoms with van der Waals surface area (Å²) in [4.78, 5) is 13.5. The highest BCUT2D eigenvalue weighted by Crippen LogP contribution is 2.24. The smallest absolute Gasteiger partial charge is 0.381 e. The Morgan fingerprint density at radius 3 is 2.83 bits per heavy atom. The summed E-state index contributed by atoms with van der Waals surface area (Å²) in [7, 11) is 0. The SMILES string of the molecule is O=[N+]([O-])c1cn(C[C@@H](O)c2ccccc2Br)cn1. The van der Waals surface area contributed by atoms with Crippen LogP contribution in [0.4, 0.5) is 5.82 Å². The molecular formula is C11H10BrN3O3. The molecule has 1 heterocycles. The molecule has 1 aromatic heterocycles. The highest BCUT2D eigenvalue weighted by molar-refractivity contribution is 9.10. The highest BCUT2D eigenvalue weighted by Gasteiger charge is 2.15. The van der Waals surface area contributed by atoms with Gasteiger partial charge in [0.1, 0.15) is 6.20 Å². The van der Waals surface area contributed by atoms with E-state index in [0.717, 1.165) is 10.0 Å². The zero-order chi connectivity index (χ0) is 13.1. The lowest BCUT2D eigenvalue weighted by Gasteiger charge is -2.12. The van der Waals surface area contributed by atoms with Crippen LogP contribution in [0.2, 0.25) is 0 Å². The summed E-state index contributed by atoms with van der Waals surface area (Å²) in [5.74, 6) is -0.227. The normalized spacial score (nSPS) is 12.3. The molecule has 0 aliphatic heterocycles. The quantitative estimate of drug-likeness (QED) is 0.694. The van der Waals surface area contributed by atoms with E-state index < -0.39 is 11.0 Å². The van der Waals surface area contributed by atoms with Crippen LogP contribution in [0.5, 0.6) is 0 Å². The molecule has 6 nitrogen and oxygen atoms in total. The molecule has 7 heteroatoms. The molecule has 0 fully saturated rings. The van der Waals surface area contributed by atoms with Crippen LogP contribution in [0.15, 0.2) is 41.3 Å². The molecule has 0 amide bonds. The van der Waals surface area contributed by atoms with Gasteiger partial charge in [-0.25, -0.2) is 0 Å². The lowest BCUT2D eigenvalue weighted by molar-refractivity contribution is -0.389. The van der Waals surface area contributed by atoms with Gasteiger partial charge in [0.25, 0.3) is 0 Å². The molecule has 1 N–H and O–H groups in total. The molecule has 0 aliphatic carbocycles. The van der Waals surface area contributed by atoms with Gasteiger partial charge in [0.15, 0.2) is 0 Å². The average Bonchev–Trinajstić information content (AvgIpc) is 2.78. The standard InChI is InChI=1S/C11H10BrN3O3/c12-9-4-2-1-3-8(9)10(16)5-14-6-11(13-7-14)15(17)18/h1-4,6-7,10,16H,5H2/t10-/m1/s1. The fraction of sp³-hybridized carbons (Fsp3) is 0.182. The summed E-state index contributed by atoms with van der Waals surface area (Å²) in [5, 5.41) is 20.5. The minimum Gasteiger partial charge on any atom is -0.386 e. The van der Waals surface area contributed by atoms with Gasteiger partial charge in [0, 0.05) is 4.47 Å². The molecule has 2 aromatic rings. The van der Waals surface area contributed by atoms with Gasteiger partial charge in [0.2, 0.25) is 6.33 Å². The Bertz CT molecular complexity index is 570. The van der Waals surface area contributed by atoms with Crippen molar-refractivity contribution in [3.05, 3.63) is 56.9 Å². The molecule has 2 rings (SSSR count). The third kappa shape index (κ3) is 2.74. The van der Waals surface area contributed by atoms with E-state index in [1.54, 1.807) is 6.07 Å². The van der Waals surface area contributed by atoms with Crippen molar-refractivity contribution in [2.24, 2.45) is 0 Å². The predicted octanol–water partition coefficient (Wildman–Crippen LogP) is 2.29. The van der Waals surface area contributed by atoms with Crippen molar-refractivity contribution in [1.82, 2.24) is 9.55 Å². The molecule has 0 radical (unpaired) electrons. The van der Waals surface area contributed by atoms with E-state index in [0.29, 0.717) is 0 Å². The zero-order valence-corrected chi connectivity index (χ0v) is 10.8. The van der Waals surface area contributed by atoms with Gasteiger partial charge < -0.3 is 19.8 Å². The topological polar surface area (TPSA) is 81.2 Å². The first-order valence-corrected chi connectivity index (χ1v) is 5.96. The fourth-order valence-electron chi connectivity index (χ4n) is 1.59. The minimum absolute atomic E-state index is 0.212. The number of aliphatic hydroxyl groups is 1. The summed E-state index contributed by atoms with van der Waals surface area (Å²) < 4.78 is 2.29. The third-order valence-electron chi connectivity index (χ3n) is 2.45. The Morgan fingerprint density at radius 2 is 2.22 bits per heavy atom. The number of nitrogens with zero attached hydrogens (tertiary/aromatic N) is 3. The van der Waals surface area contributed by atoms with Crippen LogP contribution in [0.25, 0.3) is 0 Å². The highest BCUT2D eigenvalue weighted by atomic mass is 79.9. The Hall–Kier alpha value is -1.73. The first kappa shape index (κ1) is 12.7. The molecule has 0 saturated carbocycles. The van der Waals surface area contributed by atoms with E-state index in [-0.39, 0.29) is 12.4 Å². The first-order valence-electron chi connectivity index (χ1n) is 5.16. The number of nitro groups is 1. The van der Waals surface area contributed by atoms with Crippen LogP contribution in [-0.4, -0.2) is 19.6 Å². The van der Waals surface area contributed by atoms with Crippen molar-refractivity contribution in [2.45, 2.75) is 12.6 Å². The van der Waals surface area contributed by atoms with Gasteiger partial charge in [-0.1, -0.05) is 34.1 Å².